The third-order valence-electron chi connectivity index (χ3n) is 6.50. The SMILES string of the molecule is CCCCCC[C@H]1C[C@]1(C#N)c1ccc(OC(=O)c2ccc(OC(=O)[C@H](C)OCCC)cc2)cc1. The first-order valence-electron chi connectivity index (χ1n) is 12.6. The highest BCUT2D eigenvalue weighted by molar-refractivity contribution is 5.91. The van der Waals surface area contributed by atoms with E-state index in [-0.39, 0.29) is 0 Å². The minimum absolute atomic E-state index is 0.332. The Morgan fingerprint density at radius 2 is 1.63 bits per heavy atom. The largest absolute Gasteiger partial charge is 0.425 e. The second-order valence-corrected chi connectivity index (χ2v) is 9.21. The molecule has 6 nitrogen and oxygen atoms in total. The summed E-state index contributed by atoms with van der Waals surface area (Å²) in [6, 6.07) is 16.0. The highest BCUT2D eigenvalue weighted by Crippen LogP contribution is 2.56. The Hall–Kier alpha value is -3.17. The Morgan fingerprint density at radius 1 is 0.971 bits per heavy atom. The predicted octanol–water partition coefficient (Wildman–Crippen LogP) is 6.38. The molecule has 0 radical (unpaired) electrons. The van der Waals surface area contributed by atoms with E-state index in [1.807, 2.05) is 19.1 Å². The molecule has 3 atom stereocenters. The van der Waals surface area contributed by atoms with Gasteiger partial charge in [-0.3, -0.25) is 0 Å². The van der Waals surface area contributed by atoms with Gasteiger partial charge in [0.25, 0.3) is 0 Å². The maximum atomic E-state index is 12.5. The lowest BCUT2D eigenvalue weighted by atomic mass is 9.93. The van der Waals surface area contributed by atoms with Crippen molar-refractivity contribution in [3.8, 4) is 17.6 Å². The third-order valence-corrected chi connectivity index (χ3v) is 6.50. The molecular weight excluding hydrogens is 442 g/mol. The van der Waals surface area contributed by atoms with Gasteiger partial charge in [0.15, 0.2) is 6.10 Å². The number of esters is 2. The zero-order valence-electron chi connectivity index (χ0n) is 20.9. The molecule has 2 aromatic rings. The van der Waals surface area contributed by atoms with E-state index in [4.69, 9.17) is 14.2 Å². The lowest BCUT2D eigenvalue weighted by Crippen LogP contribution is -2.26. The summed E-state index contributed by atoms with van der Waals surface area (Å²) < 4.78 is 16.1. The average molecular weight is 478 g/mol. The minimum Gasteiger partial charge on any atom is -0.425 e. The van der Waals surface area contributed by atoms with Crippen molar-refractivity contribution in [3.63, 3.8) is 0 Å². The van der Waals surface area contributed by atoms with Gasteiger partial charge in [-0.1, -0.05) is 51.7 Å². The first kappa shape index (κ1) is 26.4. The summed E-state index contributed by atoms with van der Waals surface area (Å²) in [7, 11) is 0. The van der Waals surface area contributed by atoms with E-state index in [2.05, 4.69) is 13.0 Å². The van der Waals surface area contributed by atoms with Crippen LogP contribution in [0.3, 0.4) is 0 Å². The van der Waals surface area contributed by atoms with Crippen LogP contribution in [0.1, 0.15) is 81.6 Å². The summed E-state index contributed by atoms with van der Waals surface area (Å²) in [4.78, 5) is 24.6. The van der Waals surface area contributed by atoms with Gasteiger partial charge in [-0.15, -0.1) is 0 Å². The van der Waals surface area contributed by atoms with E-state index in [1.54, 1.807) is 43.3 Å². The molecule has 0 aliphatic heterocycles. The average Bonchev–Trinajstić information content (AvgIpc) is 3.60. The molecular formula is C29H35NO5. The quantitative estimate of drug-likeness (QED) is 0.189. The van der Waals surface area contributed by atoms with Crippen molar-refractivity contribution in [2.45, 2.75) is 77.2 Å². The van der Waals surface area contributed by atoms with Crippen molar-refractivity contribution in [1.82, 2.24) is 0 Å². The van der Waals surface area contributed by atoms with Crippen LogP contribution in [0, 0.1) is 17.2 Å². The molecule has 35 heavy (non-hydrogen) atoms. The van der Waals surface area contributed by atoms with Crippen LogP contribution >= 0.6 is 0 Å². The van der Waals surface area contributed by atoms with E-state index in [1.165, 1.54) is 25.7 Å². The summed E-state index contributed by atoms with van der Waals surface area (Å²) in [5, 5.41) is 9.82. The first-order valence-corrected chi connectivity index (χ1v) is 12.6. The summed E-state index contributed by atoms with van der Waals surface area (Å²) in [6.07, 6.45) is 6.98. The van der Waals surface area contributed by atoms with Crippen LogP contribution in [0.4, 0.5) is 0 Å². The van der Waals surface area contributed by atoms with Gasteiger partial charge in [-0.05, 0) is 74.1 Å². The fraction of sp³-hybridized carbons (Fsp3) is 0.483. The van der Waals surface area contributed by atoms with Crippen LogP contribution in [0.2, 0.25) is 0 Å². The van der Waals surface area contributed by atoms with Crippen molar-refractivity contribution in [1.29, 1.82) is 5.26 Å². The fourth-order valence-corrected chi connectivity index (χ4v) is 4.26. The molecule has 6 heteroatoms. The molecule has 0 aromatic heterocycles. The maximum absolute atomic E-state index is 12.5. The van der Waals surface area contributed by atoms with Crippen LogP contribution in [0.15, 0.2) is 48.5 Å². The van der Waals surface area contributed by atoms with Crippen LogP contribution in [-0.2, 0) is 14.9 Å². The van der Waals surface area contributed by atoms with Crippen molar-refractivity contribution in [3.05, 3.63) is 59.7 Å². The molecule has 2 aromatic carbocycles. The molecule has 1 saturated carbocycles. The van der Waals surface area contributed by atoms with Crippen molar-refractivity contribution >= 4 is 11.9 Å². The molecule has 0 unspecified atom stereocenters. The molecule has 1 aliphatic carbocycles. The molecule has 0 saturated heterocycles. The second kappa shape index (κ2) is 12.5. The molecule has 0 spiro atoms. The van der Waals surface area contributed by atoms with Gasteiger partial charge in [-0.2, -0.15) is 5.26 Å². The summed E-state index contributed by atoms with van der Waals surface area (Å²) in [5.41, 5.74) is 0.928. The van der Waals surface area contributed by atoms with E-state index >= 15 is 0 Å². The van der Waals surface area contributed by atoms with Crippen LogP contribution in [-0.4, -0.2) is 24.6 Å². The highest BCUT2D eigenvalue weighted by atomic mass is 16.6. The predicted molar refractivity (Wildman–Crippen MR) is 133 cm³/mol. The number of hydrogen-bond acceptors (Lipinski definition) is 6. The van der Waals surface area contributed by atoms with Gasteiger partial charge in [0, 0.05) is 6.61 Å². The molecule has 0 heterocycles. The highest BCUT2D eigenvalue weighted by Gasteiger charge is 2.55. The maximum Gasteiger partial charge on any atom is 0.343 e. The first-order chi connectivity index (χ1) is 16.9. The molecule has 186 valence electrons. The van der Waals surface area contributed by atoms with Gasteiger partial charge in [0.05, 0.1) is 17.0 Å². The zero-order chi connectivity index (χ0) is 25.3. The Morgan fingerprint density at radius 3 is 2.26 bits per heavy atom. The normalized spacial score (nSPS) is 19.4. The smallest absolute Gasteiger partial charge is 0.343 e. The number of hydrogen-bond donors (Lipinski definition) is 0. The van der Waals surface area contributed by atoms with Crippen molar-refractivity contribution in [2.24, 2.45) is 5.92 Å². The Labute approximate surface area is 208 Å². The van der Waals surface area contributed by atoms with Crippen LogP contribution in [0.25, 0.3) is 0 Å². The Bertz CT molecular complexity index is 1020. The number of rotatable bonds is 13. The van der Waals surface area contributed by atoms with Gasteiger partial charge >= 0.3 is 11.9 Å². The summed E-state index contributed by atoms with van der Waals surface area (Å²) in [5.74, 6) is 0.169. The van der Waals surface area contributed by atoms with Crippen LogP contribution < -0.4 is 9.47 Å². The standard InChI is InChI=1S/C29H35NO5/c1-4-6-7-8-9-24-19-29(24,20-30)23-12-16-26(17-13-23)35-28(32)22-10-14-25(15-11-22)34-27(31)21(3)33-18-5-2/h10-17,21,24H,4-9,18-19H2,1-3H3/t21-,24-,29-/m0/s1. The van der Waals surface area contributed by atoms with E-state index in [0.717, 1.165) is 24.8 Å². The Balaban J connectivity index is 1.53. The third kappa shape index (κ3) is 6.93. The van der Waals surface area contributed by atoms with E-state index in [0.29, 0.717) is 29.6 Å². The number of benzene rings is 2. The lowest BCUT2D eigenvalue weighted by molar-refractivity contribution is -0.146. The summed E-state index contributed by atoms with van der Waals surface area (Å²) >= 11 is 0. The molecule has 1 aliphatic rings. The molecule has 0 bridgehead atoms. The number of nitriles is 1. The van der Waals surface area contributed by atoms with Gasteiger partial charge in [0.2, 0.25) is 0 Å². The lowest BCUT2D eigenvalue weighted by Gasteiger charge is -2.12. The van der Waals surface area contributed by atoms with Crippen molar-refractivity contribution < 1.29 is 23.8 Å². The number of nitrogens with zero attached hydrogens (tertiary/aromatic N) is 1. The van der Waals surface area contributed by atoms with Crippen molar-refractivity contribution in [2.75, 3.05) is 6.61 Å². The number of carbonyl (C=O) groups excluding carboxylic acids is 2. The topological polar surface area (TPSA) is 85.6 Å². The minimum atomic E-state index is -0.658. The number of unbranched alkanes of at least 4 members (excludes halogenated alkanes) is 3. The van der Waals surface area contributed by atoms with Gasteiger partial charge in [-0.25, -0.2) is 9.59 Å². The molecule has 0 N–H and O–H groups in total. The van der Waals surface area contributed by atoms with E-state index in [9.17, 15) is 14.9 Å². The monoisotopic (exact) mass is 477 g/mol. The van der Waals surface area contributed by atoms with Gasteiger partial charge in [0.1, 0.15) is 11.5 Å². The summed E-state index contributed by atoms with van der Waals surface area (Å²) in [6.45, 7) is 6.29. The Kier molecular flexibility index (Phi) is 9.45. The number of ether oxygens (including phenoxy) is 3. The molecule has 0 amide bonds. The van der Waals surface area contributed by atoms with E-state index < -0.39 is 23.5 Å². The van der Waals surface area contributed by atoms with Crippen LogP contribution in [0.5, 0.6) is 11.5 Å². The zero-order valence-corrected chi connectivity index (χ0v) is 20.9. The van der Waals surface area contributed by atoms with Gasteiger partial charge < -0.3 is 14.2 Å². The second-order valence-electron chi connectivity index (χ2n) is 9.21. The molecule has 3 rings (SSSR count). The molecule has 1 fully saturated rings. The fourth-order valence-electron chi connectivity index (χ4n) is 4.26. The number of carbonyl (C=O) groups is 2.